The van der Waals surface area contributed by atoms with Crippen molar-refractivity contribution in [1.29, 1.82) is 0 Å². The normalized spacial score (nSPS) is 18.1. The van der Waals surface area contributed by atoms with Gasteiger partial charge >= 0.3 is 6.18 Å². The standard InChI is InChI=1S/C28H31F3N4O3/c29-28(30,31)22-8-4-7-21(17-22)27(38)32-18-25(36)33-23-11-14-35(19-23)24-12-15-34(16-13-24)26(37)10-9-20-5-2-1-3-6-20/h1-8,17,24H,9-16,18-19H2,(H,32,38). The van der Waals surface area contributed by atoms with Crippen molar-refractivity contribution in [2.45, 2.75) is 44.3 Å². The van der Waals surface area contributed by atoms with Crippen molar-refractivity contribution in [3.63, 3.8) is 0 Å². The molecule has 0 aromatic heterocycles. The van der Waals surface area contributed by atoms with Gasteiger partial charge in [0.05, 0.1) is 12.1 Å². The Balaban J connectivity index is 1.19. The minimum atomic E-state index is -4.55. The second kappa shape index (κ2) is 12.3. The molecule has 7 nitrogen and oxygen atoms in total. The zero-order valence-electron chi connectivity index (χ0n) is 21.0. The molecule has 2 aliphatic rings. The quantitative estimate of drug-likeness (QED) is 0.594. The van der Waals surface area contributed by atoms with Crippen LogP contribution in [0.2, 0.25) is 0 Å². The summed E-state index contributed by atoms with van der Waals surface area (Å²) in [4.78, 5) is 45.4. The zero-order valence-corrected chi connectivity index (χ0v) is 21.0. The van der Waals surface area contributed by atoms with Gasteiger partial charge < -0.3 is 10.2 Å². The molecule has 2 fully saturated rings. The van der Waals surface area contributed by atoms with E-state index in [4.69, 9.17) is 0 Å². The van der Waals surface area contributed by atoms with E-state index in [1.807, 2.05) is 35.2 Å². The van der Waals surface area contributed by atoms with E-state index in [1.54, 1.807) is 0 Å². The number of alkyl halides is 3. The molecule has 0 spiro atoms. The summed E-state index contributed by atoms with van der Waals surface area (Å²) < 4.78 is 38.6. The molecule has 202 valence electrons. The van der Waals surface area contributed by atoms with E-state index in [1.165, 1.54) is 6.07 Å². The number of rotatable bonds is 7. The molecular formula is C28H31F3N4O3. The number of nitrogens with zero attached hydrogens (tertiary/aromatic N) is 3. The van der Waals surface area contributed by atoms with Crippen molar-refractivity contribution in [3.8, 4) is 0 Å². The van der Waals surface area contributed by atoms with E-state index in [0.29, 0.717) is 38.5 Å². The van der Waals surface area contributed by atoms with Gasteiger partial charge in [0, 0.05) is 49.9 Å². The number of halogens is 3. The average Bonchev–Trinajstić information content (AvgIpc) is 3.39. The first-order valence-electron chi connectivity index (χ1n) is 12.8. The molecule has 2 aromatic carbocycles. The van der Waals surface area contributed by atoms with Gasteiger partial charge in [0.25, 0.3) is 11.8 Å². The molecule has 10 heteroatoms. The van der Waals surface area contributed by atoms with Crippen LogP contribution in [0.5, 0.6) is 0 Å². The summed E-state index contributed by atoms with van der Waals surface area (Å²) in [6, 6.07) is 14.3. The second-order valence-electron chi connectivity index (χ2n) is 9.65. The van der Waals surface area contributed by atoms with Crippen molar-refractivity contribution < 1.29 is 27.6 Å². The Bertz CT molecular complexity index is 1180. The number of hydrogen-bond acceptors (Lipinski definition) is 4. The number of aliphatic imine (C=N–C) groups is 1. The minimum absolute atomic E-state index is 0.169. The number of carbonyl (C=O) groups excluding carboxylic acids is 3. The van der Waals surface area contributed by atoms with Crippen molar-refractivity contribution in [2.75, 3.05) is 32.7 Å². The van der Waals surface area contributed by atoms with Crippen LogP contribution in [0.25, 0.3) is 0 Å². The molecule has 0 unspecified atom stereocenters. The monoisotopic (exact) mass is 528 g/mol. The highest BCUT2D eigenvalue weighted by Gasteiger charge is 2.32. The van der Waals surface area contributed by atoms with Crippen LogP contribution in [0.15, 0.2) is 59.6 Å². The van der Waals surface area contributed by atoms with Gasteiger partial charge in [0.15, 0.2) is 0 Å². The predicted octanol–water partition coefficient (Wildman–Crippen LogP) is 3.73. The molecule has 2 saturated heterocycles. The van der Waals surface area contributed by atoms with Gasteiger partial charge in [-0.15, -0.1) is 0 Å². The third-order valence-corrected chi connectivity index (χ3v) is 7.01. The highest BCUT2D eigenvalue weighted by Crippen LogP contribution is 2.29. The van der Waals surface area contributed by atoms with Crippen LogP contribution in [-0.4, -0.2) is 72.0 Å². The molecule has 1 N–H and O–H groups in total. The third kappa shape index (κ3) is 7.50. The maximum absolute atomic E-state index is 12.9. The van der Waals surface area contributed by atoms with Gasteiger partial charge in [-0.05, 0) is 49.4 Å². The summed E-state index contributed by atoms with van der Waals surface area (Å²) in [5, 5.41) is 2.35. The van der Waals surface area contributed by atoms with Gasteiger partial charge in [0.1, 0.15) is 0 Å². The van der Waals surface area contributed by atoms with E-state index in [9.17, 15) is 27.6 Å². The van der Waals surface area contributed by atoms with Crippen LogP contribution >= 0.6 is 0 Å². The number of benzene rings is 2. The molecule has 4 rings (SSSR count). The molecular weight excluding hydrogens is 497 g/mol. The lowest BCUT2D eigenvalue weighted by Gasteiger charge is -2.36. The number of hydrogen-bond donors (Lipinski definition) is 1. The second-order valence-corrected chi connectivity index (χ2v) is 9.65. The van der Waals surface area contributed by atoms with Crippen LogP contribution in [0.4, 0.5) is 13.2 Å². The summed E-state index contributed by atoms with van der Waals surface area (Å²) in [5.74, 6) is -1.13. The van der Waals surface area contributed by atoms with Crippen molar-refractivity contribution in [1.82, 2.24) is 15.1 Å². The lowest BCUT2D eigenvalue weighted by Crippen LogP contribution is -2.46. The summed E-state index contributed by atoms with van der Waals surface area (Å²) >= 11 is 0. The van der Waals surface area contributed by atoms with E-state index < -0.39 is 23.6 Å². The predicted molar refractivity (Wildman–Crippen MR) is 137 cm³/mol. The van der Waals surface area contributed by atoms with Crippen LogP contribution in [0, 0.1) is 0 Å². The maximum atomic E-state index is 12.9. The van der Waals surface area contributed by atoms with E-state index in [-0.39, 0.29) is 18.0 Å². The number of nitrogens with one attached hydrogen (secondary N) is 1. The fourth-order valence-electron chi connectivity index (χ4n) is 4.91. The van der Waals surface area contributed by atoms with Crippen molar-refractivity contribution in [2.24, 2.45) is 4.99 Å². The van der Waals surface area contributed by atoms with Crippen LogP contribution in [-0.2, 0) is 22.2 Å². The Morgan fingerprint density at radius 3 is 2.42 bits per heavy atom. The van der Waals surface area contributed by atoms with Gasteiger partial charge in [-0.1, -0.05) is 36.4 Å². The number of aryl methyl sites for hydroxylation is 1. The van der Waals surface area contributed by atoms with Crippen LogP contribution in [0.3, 0.4) is 0 Å². The fraction of sp³-hybridized carbons (Fsp3) is 0.429. The first-order valence-corrected chi connectivity index (χ1v) is 12.8. The highest BCUT2D eigenvalue weighted by molar-refractivity contribution is 6.01. The van der Waals surface area contributed by atoms with Crippen LogP contribution in [0.1, 0.15) is 47.2 Å². The topological polar surface area (TPSA) is 82.1 Å². The van der Waals surface area contributed by atoms with E-state index in [0.717, 1.165) is 55.3 Å². The molecule has 0 bridgehead atoms. The van der Waals surface area contributed by atoms with Crippen molar-refractivity contribution in [3.05, 3.63) is 71.3 Å². The smallest absolute Gasteiger partial charge is 0.343 e. The number of carbonyl (C=O) groups is 3. The molecule has 2 aliphatic heterocycles. The molecule has 0 aliphatic carbocycles. The number of likely N-dealkylation sites (tertiary alicyclic amines) is 2. The molecule has 0 saturated carbocycles. The Morgan fingerprint density at radius 1 is 0.974 bits per heavy atom. The maximum Gasteiger partial charge on any atom is 0.416 e. The zero-order chi connectivity index (χ0) is 27.1. The van der Waals surface area contributed by atoms with E-state index >= 15 is 0 Å². The molecule has 38 heavy (non-hydrogen) atoms. The molecule has 0 atom stereocenters. The highest BCUT2D eigenvalue weighted by atomic mass is 19.4. The Labute approximate surface area is 219 Å². The van der Waals surface area contributed by atoms with E-state index in [2.05, 4.69) is 15.2 Å². The number of piperidine rings is 1. The van der Waals surface area contributed by atoms with Gasteiger partial charge in [0.2, 0.25) is 5.91 Å². The Hall–Kier alpha value is -3.53. The molecule has 3 amide bonds. The molecule has 0 radical (unpaired) electrons. The van der Waals surface area contributed by atoms with Gasteiger partial charge in [-0.2, -0.15) is 13.2 Å². The first kappa shape index (κ1) is 27.5. The van der Waals surface area contributed by atoms with Crippen LogP contribution < -0.4 is 5.32 Å². The Kier molecular flexibility index (Phi) is 8.93. The summed E-state index contributed by atoms with van der Waals surface area (Å²) in [7, 11) is 0. The Morgan fingerprint density at radius 2 is 1.71 bits per heavy atom. The molecule has 2 aromatic rings. The lowest BCUT2D eigenvalue weighted by molar-refractivity contribution is -0.137. The minimum Gasteiger partial charge on any atom is -0.343 e. The fourth-order valence-corrected chi connectivity index (χ4v) is 4.91. The number of amides is 3. The third-order valence-electron chi connectivity index (χ3n) is 7.01. The first-order chi connectivity index (χ1) is 18.2. The largest absolute Gasteiger partial charge is 0.416 e. The molecule has 2 heterocycles. The summed E-state index contributed by atoms with van der Waals surface area (Å²) in [6.07, 6.45) is -0.942. The lowest BCUT2D eigenvalue weighted by atomic mass is 10.0. The van der Waals surface area contributed by atoms with Gasteiger partial charge in [-0.25, -0.2) is 4.99 Å². The van der Waals surface area contributed by atoms with Crippen molar-refractivity contribution >= 4 is 23.4 Å². The van der Waals surface area contributed by atoms with Gasteiger partial charge in [-0.3, -0.25) is 19.3 Å². The SMILES string of the molecule is O=C(CNC(=O)c1cccc(C(F)(F)F)c1)N=C1CCN(C2CCN(C(=O)CCc3ccccc3)CC2)C1. The average molecular weight is 529 g/mol. The summed E-state index contributed by atoms with van der Waals surface area (Å²) in [5.41, 5.74) is 0.788. The summed E-state index contributed by atoms with van der Waals surface area (Å²) in [6.45, 7) is 2.36.